The van der Waals surface area contributed by atoms with E-state index in [-0.39, 0.29) is 17.4 Å². The Bertz CT molecular complexity index is 716. The van der Waals surface area contributed by atoms with Crippen molar-refractivity contribution >= 4 is 29.3 Å². The summed E-state index contributed by atoms with van der Waals surface area (Å²) in [6, 6.07) is 3.97. The Hall–Kier alpha value is -2.02. The third-order valence-electron chi connectivity index (χ3n) is 5.81. The van der Waals surface area contributed by atoms with Crippen molar-refractivity contribution in [1.82, 2.24) is 20.5 Å². The van der Waals surface area contributed by atoms with E-state index in [1.807, 2.05) is 26.2 Å². The zero-order chi connectivity index (χ0) is 20.1. The molecule has 1 saturated carbocycles. The molecule has 1 aliphatic carbocycles. The lowest BCUT2D eigenvalue weighted by Crippen LogP contribution is -2.51. The molecule has 2 fully saturated rings. The summed E-state index contributed by atoms with van der Waals surface area (Å²) in [7, 11) is 5.45. The molecule has 0 radical (unpaired) electrons. The number of aromatic nitrogens is 1. The monoisotopic (exact) mass is 406 g/mol. The van der Waals surface area contributed by atoms with Gasteiger partial charge in [-0.2, -0.15) is 0 Å². The number of pyridine rings is 1. The minimum atomic E-state index is -0.315. The highest BCUT2D eigenvalue weighted by Crippen LogP contribution is 2.38. The number of amides is 1. The van der Waals surface area contributed by atoms with Gasteiger partial charge in [0, 0.05) is 53.0 Å². The molecule has 1 aromatic rings. The molecule has 2 aliphatic rings. The number of rotatable bonds is 5. The van der Waals surface area contributed by atoms with Crippen molar-refractivity contribution in [2.45, 2.75) is 38.1 Å². The summed E-state index contributed by atoms with van der Waals surface area (Å²) in [5, 5.41) is 7.58. The average molecular weight is 407 g/mol. The van der Waals surface area contributed by atoms with Crippen LogP contribution in [-0.2, 0) is 4.79 Å². The van der Waals surface area contributed by atoms with Gasteiger partial charge in [-0.25, -0.2) is 4.98 Å². The van der Waals surface area contributed by atoms with Crippen LogP contribution in [0, 0.1) is 5.41 Å². The Morgan fingerprint density at radius 1 is 1.43 bits per heavy atom. The first kappa shape index (κ1) is 20.7. The van der Waals surface area contributed by atoms with Crippen molar-refractivity contribution < 1.29 is 4.79 Å². The van der Waals surface area contributed by atoms with Gasteiger partial charge in [0.25, 0.3) is 0 Å². The number of nitrogens with one attached hydrogen (secondary N) is 2. The molecule has 8 heteroatoms. The van der Waals surface area contributed by atoms with Crippen LogP contribution < -0.4 is 15.5 Å². The van der Waals surface area contributed by atoms with Crippen LogP contribution in [0.3, 0.4) is 0 Å². The maximum atomic E-state index is 12.7. The highest BCUT2D eigenvalue weighted by atomic mass is 35.5. The van der Waals surface area contributed by atoms with Gasteiger partial charge in [0.2, 0.25) is 5.91 Å². The second kappa shape index (κ2) is 8.99. The number of nitrogens with zero attached hydrogens (tertiary/aromatic N) is 4. The Morgan fingerprint density at radius 2 is 2.18 bits per heavy atom. The Kier molecular flexibility index (Phi) is 6.65. The highest BCUT2D eigenvalue weighted by molar-refractivity contribution is 6.32. The van der Waals surface area contributed by atoms with Crippen LogP contribution in [0.2, 0.25) is 5.02 Å². The van der Waals surface area contributed by atoms with E-state index in [0.29, 0.717) is 11.6 Å². The quantitative estimate of drug-likeness (QED) is 0.579. The Balaban J connectivity index is 1.57. The van der Waals surface area contributed by atoms with Gasteiger partial charge in [-0.15, -0.1) is 0 Å². The number of hydrogen-bond acceptors (Lipinski definition) is 4. The molecule has 1 unspecified atom stereocenters. The molecule has 2 heterocycles. The van der Waals surface area contributed by atoms with Gasteiger partial charge in [0.15, 0.2) is 5.96 Å². The summed E-state index contributed by atoms with van der Waals surface area (Å²) in [5.74, 6) is 1.79. The predicted octanol–water partition coefficient (Wildman–Crippen LogP) is 2.13. The molecular formula is C20H31ClN6O. The fraction of sp³-hybridized carbons (Fsp3) is 0.650. The van der Waals surface area contributed by atoms with E-state index in [9.17, 15) is 4.79 Å². The number of halogens is 1. The summed E-state index contributed by atoms with van der Waals surface area (Å²) in [5.41, 5.74) is -0.315. The van der Waals surface area contributed by atoms with E-state index in [1.165, 1.54) is 0 Å². The molecule has 1 amide bonds. The molecule has 154 valence electrons. The number of hydrogen-bond donors (Lipinski definition) is 2. The van der Waals surface area contributed by atoms with Crippen molar-refractivity contribution in [2.75, 3.05) is 45.7 Å². The molecule has 0 bridgehead atoms. The lowest BCUT2D eigenvalue weighted by molar-refractivity contribution is -0.138. The van der Waals surface area contributed by atoms with Gasteiger partial charge in [0.1, 0.15) is 5.82 Å². The van der Waals surface area contributed by atoms with Crippen LogP contribution in [0.4, 0.5) is 5.82 Å². The summed E-state index contributed by atoms with van der Waals surface area (Å²) >= 11 is 6.28. The van der Waals surface area contributed by atoms with Crippen molar-refractivity contribution in [3.8, 4) is 0 Å². The Morgan fingerprint density at radius 3 is 2.82 bits per heavy atom. The molecule has 0 spiro atoms. The van der Waals surface area contributed by atoms with Crippen LogP contribution >= 0.6 is 11.6 Å². The van der Waals surface area contributed by atoms with Crippen LogP contribution in [0.1, 0.15) is 32.1 Å². The van der Waals surface area contributed by atoms with E-state index in [1.54, 1.807) is 18.1 Å². The molecule has 1 saturated heterocycles. The summed E-state index contributed by atoms with van der Waals surface area (Å²) in [6.07, 6.45) is 6.83. The van der Waals surface area contributed by atoms with Crippen LogP contribution in [0.15, 0.2) is 23.3 Å². The summed E-state index contributed by atoms with van der Waals surface area (Å²) in [4.78, 5) is 25.4. The predicted molar refractivity (Wildman–Crippen MR) is 114 cm³/mol. The molecule has 2 N–H and O–H groups in total. The first-order chi connectivity index (χ1) is 13.4. The smallest absolute Gasteiger partial charge is 0.230 e. The van der Waals surface area contributed by atoms with E-state index in [4.69, 9.17) is 11.6 Å². The zero-order valence-corrected chi connectivity index (χ0v) is 17.8. The lowest BCUT2D eigenvalue weighted by Gasteiger charge is -2.31. The zero-order valence-electron chi connectivity index (χ0n) is 17.0. The van der Waals surface area contributed by atoms with Crippen molar-refractivity contribution in [3.63, 3.8) is 0 Å². The van der Waals surface area contributed by atoms with Gasteiger partial charge in [-0.1, -0.05) is 24.4 Å². The number of carbonyl (C=O) groups excluding carboxylic acids is 1. The van der Waals surface area contributed by atoms with Crippen LogP contribution in [0.25, 0.3) is 0 Å². The molecule has 0 aromatic carbocycles. The fourth-order valence-electron chi connectivity index (χ4n) is 4.31. The van der Waals surface area contributed by atoms with Crippen molar-refractivity contribution in [3.05, 3.63) is 23.4 Å². The number of carbonyl (C=O) groups is 1. The first-order valence-corrected chi connectivity index (χ1v) is 10.4. The highest BCUT2D eigenvalue weighted by Gasteiger charge is 2.42. The van der Waals surface area contributed by atoms with E-state index >= 15 is 0 Å². The number of anilines is 1. The molecule has 1 aliphatic heterocycles. The maximum absolute atomic E-state index is 12.7. The number of guanidine groups is 1. The van der Waals surface area contributed by atoms with Gasteiger partial charge < -0.3 is 20.4 Å². The van der Waals surface area contributed by atoms with Crippen molar-refractivity contribution in [1.29, 1.82) is 0 Å². The second-order valence-corrected chi connectivity index (χ2v) is 8.40. The number of aliphatic imine (C=N–C) groups is 1. The van der Waals surface area contributed by atoms with Crippen molar-refractivity contribution in [2.24, 2.45) is 10.4 Å². The van der Waals surface area contributed by atoms with E-state index in [0.717, 1.165) is 57.0 Å². The minimum absolute atomic E-state index is 0.213. The molecular weight excluding hydrogens is 376 g/mol. The molecule has 28 heavy (non-hydrogen) atoms. The van der Waals surface area contributed by atoms with Gasteiger partial charge in [0.05, 0.1) is 10.4 Å². The van der Waals surface area contributed by atoms with E-state index in [2.05, 4.69) is 25.5 Å². The van der Waals surface area contributed by atoms with Gasteiger partial charge in [-0.05, 0) is 31.4 Å². The topological polar surface area (TPSA) is 72.9 Å². The average Bonchev–Trinajstić information content (AvgIpc) is 3.35. The third-order valence-corrected chi connectivity index (χ3v) is 6.10. The van der Waals surface area contributed by atoms with Crippen LogP contribution in [-0.4, -0.2) is 68.6 Å². The third kappa shape index (κ3) is 4.51. The summed E-state index contributed by atoms with van der Waals surface area (Å²) in [6.45, 7) is 2.33. The minimum Gasteiger partial charge on any atom is -0.355 e. The SMILES string of the molecule is CN=C(NCC1(C(=O)N(C)C)CCCC1)NC1CCN(c2ncccc2Cl)C1. The normalized spacial score (nSPS) is 21.6. The fourth-order valence-corrected chi connectivity index (χ4v) is 4.55. The van der Waals surface area contributed by atoms with Crippen LogP contribution in [0.5, 0.6) is 0 Å². The second-order valence-electron chi connectivity index (χ2n) is 8.00. The van der Waals surface area contributed by atoms with Gasteiger partial charge in [-0.3, -0.25) is 9.79 Å². The lowest BCUT2D eigenvalue weighted by atomic mass is 9.84. The molecule has 7 nitrogen and oxygen atoms in total. The largest absolute Gasteiger partial charge is 0.355 e. The van der Waals surface area contributed by atoms with Gasteiger partial charge >= 0.3 is 0 Å². The standard InChI is InChI=1S/C20H31ClN6O/c1-22-19(24-14-20(9-4-5-10-20)18(28)26(2)3)25-15-8-12-27(13-15)17-16(21)7-6-11-23-17/h6-7,11,15H,4-5,8-10,12-14H2,1-3H3,(H2,22,24,25). The molecule has 1 atom stereocenters. The summed E-state index contributed by atoms with van der Waals surface area (Å²) < 4.78 is 0. The molecule has 3 rings (SSSR count). The maximum Gasteiger partial charge on any atom is 0.230 e. The Labute approximate surface area is 172 Å². The first-order valence-electron chi connectivity index (χ1n) is 9.99. The molecule has 1 aromatic heterocycles. The van der Waals surface area contributed by atoms with E-state index < -0.39 is 0 Å².